The lowest BCUT2D eigenvalue weighted by molar-refractivity contribution is 0.115. The van der Waals surface area contributed by atoms with E-state index in [0.29, 0.717) is 12.1 Å². The van der Waals surface area contributed by atoms with Crippen molar-refractivity contribution in [2.45, 2.75) is 24.9 Å². The van der Waals surface area contributed by atoms with Crippen molar-refractivity contribution in [2.75, 3.05) is 33.5 Å². The molecule has 0 aromatic heterocycles. The zero-order chi connectivity index (χ0) is 8.39. The van der Waals surface area contributed by atoms with Crippen molar-refractivity contribution in [3.05, 3.63) is 0 Å². The van der Waals surface area contributed by atoms with Gasteiger partial charge in [0.25, 0.3) is 0 Å². The molecular weight excluding hydrogens is 154 g/mol. The third-order valence-corrected chi connectivity index (χ3v) is 2.96. The Labute approximate surface area is 73.6 Å². The third kappa shape index (κ3) is 1.63. The first-order valence-electron chi connectivity index (χ1n) is 4.75. The number of hydrogen-bond donors (Lipinski definition) is 0. The van der Waals surface area contributed by atoms with Gasteiger partial charge in [-0.3, -0.25) is 4.90 Å². The molecule has 2 unspecified atom stereocenters. The van der Waals surface area contributed by atoms with Gasteiger partial charge < -0.3 is 9.47 Å². The van der Waals surface area contributed by atoms with E-state index in [9.17, 15) is 0 Å². The Morgan fingerprint density at radius 1 is 1.00 bits per heavy atom. The number of nitrogens with zero attached hydrogens (tertiary/aromatic N) is 1. The SMILES string of the molecule is CN(C1CCOC1)C1CCOC1. The van der Waals surface area contributed by atoms with Crippen molar-refractivity contribution >= 4 is 0 Å². The molecule has 2 atom stereocenters. The summed E-state index contributed by atoms with van der Waals surface area (Å²) >= 11 is 0. The van der Waals surface area contributed by atoms with Gasteiger partial charge in [0.1, 0.15) is 0 Å². The van der Waals surface area contributed by atoms with Crippen LogP contribution in [0.1, 0.15) is 12.8 Å². The van der Waals surface area contributed by atoms with Crippen LogP contribution in [0.2, 0.25) is 0 Å². The van der Waals surface area contributed by atoms with Gasteiger partial charge in [0.15, 0.2) is 0 Å². The molecule has 0 radical (unpaired) electrons. The minimum absolute atomic E-state index is 0.636. The third-order valence-electron chi connectivity index (χ3n) is 2.96. The summed E-state index contributed by atoms with van der Waals surface area (Å²) in [4.78, 5) is 2.43. The number of hydrogen-bond acceptors (Lipinski definition) is 3. The Kier molecular flexibility index (Phi) is 2.63. The smallest absolute Gasteiger partial charge is 0.0622 e. The molecule has 12 heavy (non-hydrogen) atoms. The van der Waals surface area contributed by atoms with Crippen molar-refractivity contribution < 1.29 is 9.47 Å². The van der Waals surface area contributed by atoms with Crippen LogP contribution in [0.25, 0.3) is 0 Å². The van der Waals surface area contributed by atoms with Gasteiger partial charge >= 0.3 is 0 Å². The van der Waals surface area contributed by atoms with E-state index in [0.717, 1.165) is 26.4 Å². The maximum Gasteiger partial charge on any atom is 0.0622 e. The molecule has 3 heteroatoms. The quantitative estimate of drug-likeness (QED) is 0.604. The lowest BCUT2D eigenvalue weighted by Gasteiger charge is -2.28. The Balaban J connectivity index is 1.84. The van der Waals surface area contributed by atoms with E-state index >= 15 is 0 Å². The Morgan fingerprint density at radius 3 is 1.83 bits per heavy atom. The fourth-order valence-electron chi connectivity index (χ4n) is 1.98. The highest BCUT2D eigenvalue weighted by molar-refractivity contribution is 4.81. The van der Waals surface area contributed by atoms with Gasteiger partial charge in [-0.2, -0.15) is 0 Å². The van der Waals surface area contributed by atoms with Crippen molar-refractivity contribution in [1.29, 1.82) is 0 Å². The predicted octanol–water partition coefficient (Wildman–Crippen LogP) is 0.496. The predicted molar refractivity (Wildman–Crippen MR) is 46.2 cm³/mol. The van der Waals surface area contributed by atoms with E-state index in [1.165, 1.54) is 12.8 Å². The summed E-state index contributed by atoms with van der Waals surface area (Å²) in [6, 6.07) is 1.27. The summed E-state index contributed by atoms with van der Waals surface area (Å²) in [6.07, 6.45) is 2.38. The van der Waals surface area contributed by atoms with Crippen LogP contribution in [0, 0.1) is 0 Å². The molecule has 2 rings (SSSR count). The second kappa shape index (κ2) is 3.73. The van der Waals surface area contributed by atoms with Crippen LogP contribution < -0.4 is 0 Å². The number of rotatable bonds is 2. The molecule has 0 aromatic rings. The zero-order valence-corrected chi connectivity index (χ0v) is 7.66. The van der Waals surface area contributed by atoms with Crippen molar-refractivity contribution in [3.63, 3.8) is 0 Å². The fourth-order valence-corrected chi connectivity index (χ4v) is 1.98. The normalized spacial score (nSPS) is 36.5. The maximum absolute atomic E-state index is 5.36. The minimum atomic E-state index is 0.636. The molecule has 0 N–H and O–H groups in total. The summed E-state index contributed by atoms with van der Waals surface area (Å²) < 4.78 is 10.7. The van der Waals surface area contributed by atoms with Gasteiger partial charge in [-0.25, -0.2) is 0 Å². The molecule has 70 valence electrons. The van der Waals surface area contributed by atoms with Crippen LogP contribution in [-0.4, -0.2) is 50.5 Å². The topological polar surface area (TPSA) is 21.7 Å². The van der Waals surface area contributed by atoms with Crippen LogP contribution in [0.15, 0.2) is 0 Å². The molecule has 0 saturated carbocycles. The fraction of sp³-hybridized carbons (Fsp3) is 1.00. The van der Waals surface area contributed by atoms with Gasteiger partial charge in [0.2, 0.25) is 0 Å². The maximum atomic E-state index is 5.36. The zero-order valence-electron chi connectivity index (χ0n) is 7.66. The molecule has 3 nitrogen and oxygen atoms in total. The summed E-state index contributed by atoms with van der Waals surface area (Å²) in [5, 5.41) is 0. The van der Waals surface area contributed by atoms with Crippen LogP contribution in [0.3, 0.4) is 0 Å². The van der Waals surface area contributed by atoms with E-state index in [1.54, 1.807) is 0 Å². The molecule has 2 saturated heterocycles. The van der Waals surface area contributed by atoms with Crippen LogP contribution in [0.4, 0.5) is 0 Å². The van der Waals surface area contributed by atoms with Gasteiger partial charge in [-0.15, -0.1) is 0 Å². The Bertz CT molecular complexity index is 123. The van der Waals surface area contributed by atoms with Crippen LogP contribution in [0.5, 0.6) is 0 Å². The van der Waals surface area contributed by atoms with Crippen molar-refractivity contribution in [1.82, 2.24) is 4.90 Å². The largest absolute Gasteiger partial charge is 0.380 e. The van der Waals surface area contributed by atoms with Crippen molar-refractivity contribution in [3.8, 4) is 0 Å². The molecule has 2 aliphatic rings. The molecule has 0 aliphatic carbocycles. The number of likely N-dealkylation sites (N-methyl/N-ethyl adjacent to an activating group) is 1. The summed E-state index contributed by atoms with van der Waals surface area (Å²) in [6.45, 7) is 3.69. The molecule has 2 heterocycles. The molecule has 2 fully saturated rings. The van der Waals surface area contributed by atoms with Gasteiger partial charge in [-0.05, 0) is 19.9 Å². The van der Waals surface area contributed by atoms with Gasteiger partial charge in [0.05, 0.1) is 13.2 Å². The van der Waals surface area contributed by atoms with Crippen LogP contribution >= 0.6 is 0 Å². The lowest BCUT2D eigenvalue weighted by atomic mass is 10.1. The second-order valence-corrected chi connectivity index (χ2v) is 3.70. The lowest BCUT2D eigenvalue weighted by Crippen LogP contribution is -2.40. The van der Waals surface area contributed by atoms with E-state index in [4.69, 9.17) is 9.47 Å². The Hall–Kier alpha value is -0.120. The highest BCUT2D eigenvalue weighted by atomic mass is 16.5. The summed E-state index contributed by atoms with van der Waals surface area (Å²) in [7, 11) is 2.19. The highest BCUT2D eigenvalue weighted by Gasteiger charge is 2.28. The summed E-state index contributed by atoms with van der Waals surface area (Å²) in [5.74, 6) is 0. The monoisotopic (exact) mass is 171 g/mol. The minimum Gasteiger partial charge on any atom is -0.380 e. The Morgan fingerprint density at radius 2 is 1.50 bits per heavy atom. The van der Waals surface area contributed by atoms with Gasteiger partial charge in [-0.1, -0.05) is 0 Å². The van der Waals surface area contributed by atoms with Gasteiger partial charge in [0, 0.05) is 25.3 Å². The van der Waals surface area contributed by atoms with Crippen LogP contribution in [-0.2, 0) is 9.47 Å². The van der Waals surface area contributed by atoms with Crippen molar-refractivity contribution in [2.24, 2.45) is 0 Å². The van der Waals surface area contributed by atoms with E-state index in [2.05, 4.69) is 11.9 Å². The number of ether oxygens (including phenoxy) is 2. The molecule has 2 aliphatic heterocycles. The molecule has 0 aromatic carbocycles. The first kappa shape index (κ1) is 8.48. The first-order valence-corrected chi connectivity index (χ1v) is 4.75. The molecule has 0 amide bonds. The molecule has 0 bridgehead atoms. The standard InChI is InChI=1S/C9H17NO2/c1-10(8-2-4-11-6-8)9-3-5-12-7-9/h8-9H,2-7H2,1H3. The van der Waals surface area contributed by atoms with E-state index in [-0.39, 0.29) is 0 Å². The van der Waals surface area contributed by atoms with E-state index in [1.807, 2.05) is 0 Å². The average Bonchev–Trinajstić information content (AvgIpc) is 2.77. The molecule has 0 spiro atoms. The first-order chi connectivity index (χ1) is 5.88. The van der Waals surface area contributed by atoms with E-state index < -0.39 is 0 Å². The highest BCUT2D eigenvalue weighted by Crippen LogP contribution is 2.18. The average molecular weight is 171 g/mol. The second-order valence-electron chi connectivity index (χ2n) is 3.70. The summed E-state index contributed by atoms with van der Waals surface area (Å²) in [5.41, 5.74) is 0. The molecular formula is C9H17NO2.